The van der Waals surface area contributed by atoms with Crippen LogP contribution >= 0.6 is 63.7 Å². The highest BCUT2D eigenvalue weighted by Crippen LogP contribution is 2.38. The third kappa shape index (κ3) is 76.2. The summed E-state index contributed by atoms with van der Waals surface area (Å²) in [6.07, 6.45) is 5.64. The minimum Gasteiger partial charge on any atom is -0.537 e. The molecule has 7 aromatic rings. The van der Waals surface area contributed by atoms with Crippen LogP contribution in [0.4, 0.5) is 0 Å². The first-order valence-corrected chi connectivity index (χ1v) is 41.1. The quantitative estimate of drug-likeness (QED) is 0.0421. The molecule has 0 saturated heterocycles. The molecule has 0 aliphatic rings. The van der Waals surface area contributed by atoms with E-state index in [1.165, 1.54) is 51.0 Å². The van der Waals surface area contributed by atoms with E-state index in [0.717, 1.165) is 40.1 Å². The summed E-state index contributed by atoms with van der Waals surface area (Å²) >= 11 is 13.2. The number of rotatable bonds is 13. The summed E-state index contributed by atoms with van der Waals surface area (Å²) in [5.74, 6) is 1.56. The third-order valence-electron chi connectivity index (χ3n) is 12.0. The number of carbonyl (C=O) groups excluding carboxylic acids is 1. The Hall–Kier alpha value is -4.89. The number of esters is 1. The van der Waals surface area contributed by atoms with Gasteiger partial charge in [0.1, 0.15) is 17.1 Å². The van der Waals surface area contributed by atoms with Crippen LogP contribution in [-0.4, -0.2) is 89.4 Å². The molecular formula is C81H133B4Br4O12Si. The maximum atomic E-state index is 10.8. The van der Waals surface area contributed by atoms with Gasteiger partial charge in [0.25, 0.3) is 14.3 Å². The van der Waals surface area contributed by atoms with Gasteiger partial charge in [-0.3, -0.25) is 4.79 Å². The number of halogens is 4. The maximum Gasteiger partial charge on any atom is 0.569 e. The summed E-state index contributed by atoms with van der Waals surface area (Å²) in [6.45, 7) is 59.3. The van der Waals surface area contributed by atoms with Crippen molar-refractivity contribution in [1.29, 1.82) is 0 Å². The second kappa shape index (κ2) is 80.2. The van der Waals surface area contributed by atoms with E-state index in [2.05, 4.69) is 179 Å². The fourth-order valence-corrected chi connectivity index (χ4v) is 7.96. The Kier molecular flexibility index (Phi) is 90.9. The van der Waals surface area contributed by atoms with Crippen LogP contribution in [0.25, 0.3) is 0 Å². The molecule has 0 aliphatic heterocycles. The van der Waals surface area contributed by atoms with Crippen molar-refractivity contribution in [3.8, 4) is 11.5 Å². The molecule has 0 amide bonds. The highest BCUT2D eigenvalue weighted by molar-refractivity contribution is 9.11. The fraction of sp³-hybridized carbons (Fsp3) is 0.444. The Morgan fingerprint density at radius 3 is 1.17 bits per heavy atom. The van der Waals surface area contributed by atoms with Crippen molar-refractivity contribution in [3.63, 3.8) is 0 Å². The van der Waals surface area contributed by atoms with Gasteiger partial charge < -0.3 is 53.0 Å². The van der Waals surface area contributed by atoms with Crippen molar-refractivity contribution in [2.24, 2.45) is 0 Å². The Morgan fingerprint density at radius 2 is 0.863 bits per heavy atom. The fourth-order valence-electron chi connectivity index (χ4n) is 5.58. The van der Waals surface area contributed by atoms with Gasteiger partial charge in [-0.05, 0) is 145 Å². The Balaban J connectivity index is -0.000000134. The van der Waals surface area contributed by atoms with Crippen molar-refractivity contribution in [2.75, 3.05) is 14.2 Å². The minimum absolute atomic E-state index is 0.178. The van der Waals surface area contributed by atoms with Crippen LogP contribution in [0.1, 0.15) is 198 Å². The second-order valence-corrected chi connectivity index (χ2v) is 30.6. The molecule has 0 spiro atoms. The molecule has 0 heterocycles. The molecule has 0 saturated carbocycles. The van der Waals surface area contributed by atoms with Crippen molar-refractivity contribution in [1.82, 2.24) is 0 Å². The average Bonchev–Trinajstić information content (AvgIpc) is 0.834. The lowest BCUT2D eigenvalue weighted by Crippen LogP contribution is -2.41. The van der Waals surface area contributed by atoms with Crippen molar-refractivity contribution < 1.29 is 57.8 Å². The number of methoxy groups -OCH3 is 1. The lowest BCUT2D eigenvalue weighted by atomic mass is 9.77. The summed E-state index contributed by atoms with van der Waals surface area (Å²) in [5, 5.41) is 42.1. The Bertz CT molecular complexity index is 2790. The second-order valence-electron chi connectivity index (χ2n) is 22.2. The topological polar surface area (TPSA) is 174 Å². The molecule has 0 aromatic heterocycles. The molecule has 7 rings (SSSR count). The van der Waals surface area contributed by atoms with E-state index in [-0.39, 0.29) is 16.6 Å². The zero-order valence-corrected chi connectivity index (χ0v) is 75.2. The predicted molar refractivity (Wildman–Crippen MR) is 463 cm³/mol. The summed E-state index contributed by atoms with van der Waals surface area (Å²) in [7, 11) is 1.58. The van der Waals surface area contributed by atoms with Gasteiger partial charge in [0.15, 0.2) is 0 Å². The van der Waals surface area contributed by atoms with Crippen LogP contribution in [0, 0.1) is 34.6 Å². The third-order valence-corrected chi connectivity index (χ3v) is 18.7. The van der Waals surface area contributed by atoms with Gasteiger partial charge in [0.05, 0.1) is 13.5 Å². The Morgan fingerprint density at radius 1 is 0.490 bits per heavy atom. The van der Waals surface area contributed by atoms with E-state index >= 15 is 0 Å². The van der Waals surface area contributed by atoms with Crippen LogP contribution in [0.15, 0.2) is 206 Å². The normalized spacial score (nSPS) is 9.00. The minimum atomic E-state index is -1.79. The van der Waals surface area contributed by atoms with E-state index < -0.39 is 15.4 Å². The van der Waals surface area contributed by atoms with E-state index in [0.29, 0.717) is 52.4 Å². The lowest BCUT2D eigenvalue weighted by Gasteiger charge is -2.37. The zero-order chi connectivity index (χ0) is 81.1. The van der Waals surface area contributed by atoms with Crippen LogP contribution in [0.2, 0.25) is 18.1 Å². The molecule has 3 radical (unpaired) electrons. The van der Waals surface area contributed by atoms with Crippen LogP contribution in [0.5, 0.6) is 11.5 Å². The first-order valence-electron chi connectivity index (χ1n) is 35.0. The molecule has 0 atom stereocenters. The molecular weight excluding hydrogens is 1560 g/mol. The molecule has 7 aromatic carbocycles. The van der Waals surface area contributed by atoms with Gasteiger partial charge in [0, 0.05) is 30.6 Å². The summed E-state index contributed by atoms with van der Waals surface area (Å²) < 4.78 is 33.6. The molecule has 102 heavy (non-hydrogen) atoms. The smallest absolute Gasteiger partial charge is 0.537 e. The van der Waals surface area contributed by atoms with Gasteiger partial charge in [0.2, 0.25) is 0 Å². The maximum absolute atomic E-state index is 10.8. The monoisotopic (exact) mass is 1690 g/mol. The van der Waals surface area contributed by atoms with Gasteiger partial charge in [-0.25, -0.2) is 0 Å². The standard InChI is InChI=1S/C12H26O2Si.C9H10O2.C7H8BBrO2.2C7H7BBrO2.2C7H8.C6H5Br.2C4H10.5C2H6.CH4BO2/c1-10(13-11(2,3)4)14-15(8,9)12(5,6)7;1-11-9(10)7-8-5-3-2-4-6-8;1-5-4-6(9)2-3-7(5)8(10)11;1-5-2-3-6(9)4-7(5)11-8-10;1-5-6(9)3-2-4-7(5)11-8-10;2*1-7-5-3-2-4-6-7;7-6-4-2-1-3-5-6;2*1-3-4-2;5*1-2;1-4-2-3/h1H2,2-9H3;2-6H,7H2,1H3;2-4,10-11H,1H3;2*2-4,10H,1H3;2*2-6H,1H3;1-5H;2*3-4H2,1-2H3;5*1-2H3;3H,1H3. The van der Waals surface area contributed by atoms with Crippen LogP contribution < -0.4 is 14.8 Å². The van der Waals surface area contributed by atoms with Gasteiger partial charge in [-0.2, -0.15) is 0 Å². The van der Waals surface area contributed by atoms with E-state index in [1.807, 2.05) is 238 Å². The first kappa shape index (κ1) is 116. The highest BCUT2D eigenvalue weighted by atomic mass is 79.9. The number of hydrogen-bond donors (Lipinski definition) is 5. The zero-order valence-electron chi connectivity index (χ0n) is 67.9. The molecule has 21 heteroatoms. The van der Waals surface area contributed by atoms with Crippen molar-refractivity contribution in [2.45, 2.75) is 229 Å². The molecule has 5 N–H and O–H groups in total. The summed E-state index contributed by atoms with van der Waals surface area (Å²) in [4.78, 5) is 10.8. The summed E-state index contributed by atoms with van der Waals surface area (Å²) in [6, 6.07) is 56.5. The van der Waals surface area contributed by atoms with Gasteiger partial charge in [-0.15, -0.1) is 0 Å². The number of ether oxygens (including phenoxy) is 2. The Labute approximate surface area is 660 Å². The molecule has 0 fully saturated rings. The van der Waals surface area contributed by atoms with Crippen molar-refractivity contribution >= 4 is 114 Å². The highest BCUT2D eigenvalue weighted by Gasteiger charge is 2.40. The number of hydrogen-bond acceptors (Lipinski definition) is 12. The van der Waals surface area contributed by atoms with Gasteiger partial charge >= 0.3 is 36.1 Å². The number of unbranched alkanes of at least 4 members (excludes halogenated alkanes) is 2. The van der Waals surface area contributed by atoms with Crippen LogP contribution in [-0.2, 0) is 29.8 Å². The average molecular weight is 1690 g/mol. The largest absolute Gasteiger partial charge is 0.569 e. The number of benzene rings is 7. The van der Waals surface area contributed by atoms with E-state index in [1.54, 1.807) is 24.3 Å². The molecule has 0 bridgehead atoms. The molecule has 573 valence electrons. The van der Waals surface area contributed by atoms with Gasteiger partial charge in [-0.1, -0.05) is 351 Å². The number of aryl methyl sites for hydroxylation is 4. The number of carbonyl (C=O) groups is 1. The summed E-state index contributed by atoms with van der Waals surface area (Å²) in [5.41, 5.74) is 6.77. The lowest BCUT2D eigenvalue weighted by molar-refractivity contribution is -0.139. The predicted octanol–water partition coefficient (Wildman–Crippen LogP) is 23.8. The SMILES string of the molecule is Brc1ccccc1.C=C(OC(C)(C)C)O[Si](C)(C)C(C)(C)C.CC.CC.CC.CC.CC.CCCC.CCCC.COC(=O)Cc1ccccc1.CO[B]O.Cc1c(Br)cccc1O[B]O.Cc1cc(Br)ccc1B(O)O.Cc1ccc(Br)cc1O[B]O.Cc1ccccc1.Cc1ccccc1. The van der Waals surface area contributed by atoms with E-state index in [4.69, 9.17) is 43.6 Å². The molecule has 0 aliphatic carbocycles. The van der Waals surface area contributed by atoms with Crippen LogP contribution in [0.3, 0.4) is 0 Å². The van der Waals surface area contributed by atoms with Crippen molar-refractivity contribution in [3.05, 3.63) is 240 Å². The first-order chi connectivity index (χ1) is 48.2. The molecule has 0 unspecified atom stereocenters. The molecule has 12 nitrogen and oxygen atoms in total. The van der Waals surface area contributed by atoms with E-state index in [9.17, 15) is 4.79 Å².